The summed E-state index contributed by atoms with van der Waals surface area (Å²) in [6.07, 6.45) is 9.53. The molecule has 0 amide bonds. The fourth-order valence-electron chi connectivity index (χ4n) is 4.19. The highest BCUT2D eigenvalue weighted by molar-refractivity contribution is 9.10. The zero-order valence-corrected chi connectivity index (χ0v) is 16.8. The highest BCUT2D eigenvalue weighted by Crippen LogP contribution is 2.38. The third-order valence-electron chi connectivity index (χ3n) is 5.43. The third-order valence-corrected chi connectivity index (χ3v) is 5.93. The minimum Gasteiger partial charge on any atom is -0.366 e. The number of anilines is 1. The molecule has 1 aromatic rings. The van der Waals surface area contributed by atoms with Gasteiger partial charge in [-0.3, -0.25) is 0 Å². The molecular formula is C19H29BrN2O3. The van der Waals surface area contributed by atoms with Crippen molar-refractivity contribution in [1.29, 1.82) is 0 Å². The van der Waals surface area contributed by atoms with Crippen molar-refractivity contribution in [3.05, 3.63) is 22.8 Å². The van der Waals surface area contributed by atoms with Crippen molar-refractivity contribution in [2.45, 2.75) is 62.9 Å². The second-order valence-electron chi connectivity index (χ2n) is 7.07. The summed E-state index contributed by atoms with van der Waals surface area (Å²) in [5.41, 5.74) is -0.289. The smallest absolute Gasteiger partial charge is 0.185 e. The summed E-state index contributed by atoms with van der Waals surface area (Å²) in [6.45, 7) is 1.93. The largest absolute Gasteiger partial charge is 0.366 e. The topological polar surface area (TPSA) is 43.8 Å². The van der Waals surface area contributed by atoms with Crippen LogP contribution < -0.4 is 4.90 Å². The Morgan fingerprint density at radius 3 is 2.44 bits per heavy atom. The van der Waals surface area contributed by atoms with Gasteiger partial charge in [0.05, 0.1) is 6.10 Å². The lowest BCUT2D eigenvalue weighted by Crippen LogP contribution is -2.52. The summed E-state index contributed by atoms with van der Waals surface area (Å²) in [5.74, 6) is 1.03. The van der Waals surface area contributed by atoms with Gasteiger partial charge in [-0.15, -0.1) is 0 Å². The van der Waals surface area contributed by atoms with E-state index in [9.17, 15) is 0 Å². The minimum atomic E-state index is -0.289. The van der Waals surface area contributed by atoms with Crippen molar-refractivity contribution >= 4 is 21.7 Å². The Morgan fingerprint density at radius 2 is 1.84 bits per heavy atom. The molecule has 25 heavy (non-hydrogen) atoms. The highest BCUT2D eigenvalue weighted by atomic mass is 79.9. The molecule has 0 aromatic carbocycles. The summed E-state index contributed by atoms with van der Waals surface area (Å²) in [4.78, 5) is 6.82. The first-order valence-corrected chi connectivity index (χ1v) is 10.1. The van der Waals surface area contributed by atoms with Crippen molar-refractivity contribution in [3.63, 3.8) is 0 Å². The van der Waals surface area contributed by atoms with E-state index in [1.165, 1.54) is 19.3 Å². The van der Waals surface area contributed by atoms with E-state index >= 15 is 0 Å². The summed E-state index contributed by atoms with van der Waals surface area (Å²) in [6, 6.07) is 4.04. The number of rotatable bonds is 6. The van der Waals surface area contributed by atoms with E-state index < -0.39 is 0 Å². The van der Waals surface area contributed by atoms with Crippen LogP contribution in [0.15, 0.2) is 22.8 Å². The fourth-order valence-corrected chi connectivity index (χ4v) is 4.51. The standard InChI is InChI=1S/C19H29BrN2O3/c1-23-18(24-2)19(9-4-3-5-10-19)25-16-7-12-22(13-8-16)17-14-15(20)6-11-21-17/h6,11,14,16,18H,3-5,7-10,12-13H2,1-2H3. The predicted molar refractivity (Wildman–Crippen MR) is 102 cm³/mol. The number of piperidine rings is 1. The van der Waals surface area contributed by atoms with Crippen molar-refractivity contribution in [2.75, 3.05) is 32.2 Å². The number of pyridine rings is 1. The average Bonchev–Trinajstić information content (AvgIpc) is 2.64. The Morgan fingerprint density at radius 1 is 1.16 bits per heavy atom. The van der Waals surface area contributed by atoms with Gasteiger partial charge in [-0.25, -0.2) is 4.98 Å². The number of halogens is 1. The molecule has 1 saturated carbocycles. The average molecular weight is 413 g/mol. The van der Waals surface area contributed by atoms with Crippen molar-refractivity contribution in [2.24, 2.45) is 0 Å². The van der Waals surface area contributed by atoms with Gasteiger partial charge in [-0.2, -0.15) is 0 Å². The number of ether oxygens (including phenoxy) is 3. The van der Waals surface area contributed by atoms with E-state index in [1.54, 1.807) is 14.2 Å². The Kier molecular flexibility index (Phi) is 6.72. The number of hydrogen-bond acceptors (Lipinski definition) is 5. The second kappa shape index (κ2) is 8.80. The number of methoxy groups -OCH3 is 2. The van der Waals surface area contributed by atoms with Crippen LogP contribution in [0.3, 0.4) is 0 Å². The molecule has 0 unspecified atom stereocenters. The Balaban J connectivity index is 1.61. The Labute approximate surface area is 159 Å². The van der Waals surface area contributed by atoms with Gasteiger partial charge < -0.3 is 19.1 Å². The maximum absolute atomic E-state index is 6.67. The summed E-state index contributed by atoms with van der Waals surface area (Å²) in [5, 5.41) is 0. The molecule has 0 atom stereocenters. The SMILES string of the molecule is COC(OC)C1(OC2CCN(c3cc(Br)ccn3)CC2)CCCCC1. The van der Waals surface area contributed by atoms with Gasteiger partial charge in [0.15, 0.2) is 6.29 Å². The lowest BCUT2D eigenvalue weighted by molar-refractivity contribution is -0.261. The third kappa shape index (κ3) is 4.54. The maximum Gasteiger partial charge on any atom is 0.185 e. The fraction of sp³-hybridized carbons (Fsp3) is 0.737. The zero-order valence-electron chi connectivity index (χ0n) is 15.2. The van der Waals surface area contributed by atoms with Gasteiger partial charge in [-0.05, 0) is 37.8 Å². The molecule has 1 saturated heterocycles. The van der Waals surface area contributed by atoms with E-state index in [-0.39, 0.29) is 18.0 Å². The Hall–Kier alpha value is -0.690. The molecule has 0 spiro atoms. The molecule has 1 aliphatic carbocycles. The van der Waals surface area contributed by atoms with E-state index in [0.717, 1.165) is 49.1 Å². The molecule has 6 heteroatoms. The lowest BCUT2D eigenvalue weighted by atomic mass is 9.83. The molecule has 0 bridgehead atoms. The lowest BCUT2D eigenvalue weighted by Gasteiger charge is -2.45. The van der Waals surface area contributed by atoms with Gasteiger partial charge in [0, 0.05) is 38.0 Å². The van der Waals surface area contributed by atoms with Gasteiger partial charge >= 0.3 is 0 Å². The molecule has 2 fully saturated rings. The molecule has 1 aromatic heterocycles. The molecule has 1 aliphatic heterocycles. The number of hydrogen-bond donors (Lipinski definition) is 0. The van der Waals surface area contributed by atoms with Crippen LogP contribution in [0.5, 0.6) is 0 Å². The zero-order chi connectivity index (χ0) is 17.7. The normalized spacial score (nSPS) is 21.7. The quantitative estimate of drug-likeness (QED) is 0.656. The second-order valence-corrected chi connectivity index (χ2v) is 7.98. The first kappa shape index (κ1) is 19.1. The maximum atomic E-state index is 6.67. The van der Waals surface area contributed by atoms with Crippen LogP contribution in [-0.4, -0.2) is 50.3 Å². The predicted octanol–water partition coefficient (Wildman–Crippen LogP) is 4.15. The summed E-state index contributed by atoms with van der Waals surface area (Å²) >= 11 is 3.53. The Bertz CT molecular complexity index is 539. The summed E-state index contributed by atoms with van der Waals surface area (Å²) < 4.78 is 19.0. The van der Waals surface area contributed by atoms with Crippen molar-refractivity contribution < 1.29 is 14.2 Å². The van der Waals surface area contributed by atoms with Crippen LogP contribution >= 0.6 is 15.9 Å². The molecular weight excluding hydrogens is 384 g/mol. The van der Waals surface area contributed by atoms with Crippen LogP contribution in [-0.2, 0) is 14.2 Å². The van der Waals surface area contributed by atoms with Crippen LogP contribution in [0.25, 0.3) is 0 Å². The van der Waals surface area contributed by atoms with Crippen molar-refractivity contribution in [3.8, 4) is 0 Å². The molecule has 0 radical (unpaired) electrons. The summed E-state index contributed by atoms with van der Waals surface area (Å²) in [7, 11) is 3.44. The van der Waals surface area contributed by atoms with Crippen LogP contribution in [0, 0.1) is 0 Å². The van der Waals surface area contributed by atoms with Crippen molar-refractivity contribution in [1.82, 2.24) is 4.98 Å². The van der Waals surface area contributed by atoms with E-state index in [4.69, 9.17) is 14.2 Å². The van der Waals surface area contributed by atoms with Crippen LogP contribution in [0.4, 0.5) is 5.82 Å². The molecule has 0 N–H and O–H groups in total. The van der Waals surface area contributed by atoms with Gasteiger partial charge in [-0.1, -0.05) is 35.2 Å². The highest BCUT2D eigenvalue weighted by Gasteiger charge is 2.44. The van der Waals surface area contributed by atoms with Crippen LogP contribution in [0.1, 0.15) is 44.9 Å². The minimum absolute atomic E-state index is 0.259. The van der Waals surface area contributed by atoms with E-state index in [2.05, 4.69) is 31.9 Å². The monoisotopic (exact) mass is 412 g/mol. The van der Waals surface area contributed by atoms with Gasteiger partial charge in [0.2, 0.25) is 0 Å². The van der Waals surface area contributed by atoms with E-state index in [0.29, 0.717) is 0 Å². The molecule has 2 heterocycles. The van der Waals surface area contributed by atoms with Gasteiger partial charge in [0.25, 0.3) is 0 Å². The first-order valence-electron chi connectivity index (χ1n) is 9.27. The molecule has 5 nitrogen and oxygen atoms in total. The number of aromatic nitrogens is 1. The molecule has 140 valence electrons. The molecule has 2 aliphatic rings. The number of nitrogens with zero attached hydrogens (tertiary/aromatic N) is 2. The molecule has 3 rings (SSSR count). The first-order chi connectivity index (χ1) is 12.2. The van der Waals surface area contributed by atoms with Crippen LogP contribution in [0.2, 0.25) is 0 Å². The van der Waals surface area contributed by atoms with E-state index in [1.807, 2.05) is 12.3 Å². The van der Waals surface area contributed by atoms with Gasteiger partial charge in [0.1, 0.15) is 11.4 Å².